The molecule has 1 saturated heterocycles. The molecule has 0 spiro atoms. The Morgan fingerprint density at radius 3 is 2.36 bits per heavy atom. The van der Waals surface area contributed by atoms with E-state index in [1.807, 2.05) is 35.3 Å². The lowest BCUT2D eigenvalue weighted by Crippen LogP contribution is -2.47. The summed E-state index contributed by atoms with van der Waals surface area (Å²) < 4.78 is 15.6. The van der Waals surface area contributed by atoms with Crippen LogP contribution < -0.4 is 4.90 Å². The molecule has 1 aliphatic rings. The topological polar surface area (TPSA) is 40.4 Å². The molecule has 1 aliphatic heterocycles. The largest absolute Gasteiger partial charge is 0.354 e. The van der Waals surface area contributed by atoms with Crippen LogP contribution in [-0.2, 0) is 13.1 Å². The van der Waals surface area contributed by atoms with Gasteiger partial charge < -0.3 is 9.80 Å². The first-order valence-corrected chi connectivity index (χ1v) is 11.9. The molecule has 3 aromatic rings. The van der Waals surface area contributed by atoms with Gasteiger partial charge in [-0.3, -0.25) is 9.88 Å². The number of piperazine rings is 1. The molecule has 33 heavy (non-hydrogen) atoms. The van der Waals surface area contributed by atoms with Gasteiger partial charge in [0.2, 0.25) is 0 Å². The number of nitrogens with zero attached hydrogens (tertiary/aromatic N) is 6. The van der Waals surface area contributed by atoms with Crippen molar-refractivity contribution >= 4 is 5.82 Å². The first kappa shape index (κ1) is 23.4. The number of pyridine rings is 1. The van der Waals surface area contributed by atoms with Crippen LogP contribution in [0.2, 0.25) is 0 Å². The molecule has 0 aliphatic carbocycles. The summed E-state index contributed by atoms with van der Waals surface area (Å²) in [5, 5.41) is 4.94. The van der Waals surface area contributed by atoms with E-state index < -0.39 is 0 Å². The highest BCUT2D eigenvalue weighted by Crippen LogP contribution is 2.30. The van der Waals surface area contributed by atoms with E-state index in [4.69, 9.17) is 5.10 Å². The zero-order chi connectivity index (χ0) is 23.4. The van der Waals surface area contributed by atoms with E-state index in [1.54, 1.807) is 0 Å². The molecule has 0 bridgehead atoms. The number of hydrogen-bond acceptors (Lipinski definition) is 5. The zero-order valence-corrected chi connectivity index (χ0v) is 20.2. The van der Waals surface area contributed by atoms with Crippen molar-refractivity contribution in [1.82, 2.24) is 24.6 Å². The number of rotatable bonds is 8. The van der Waals surface area contributed by atoms with Gasteiger partial charge in [0, 0.05) is 63.3 Å². The maximum atomic E-state index is 13.6. The molecule has 0 radical (unpaired) electrons. The number of benzene rings is 1. The number of likely N-dealkylation sites (N-methyl/N-ethyl adjacent to an activating group) is 1. The fraction of sp³-hybridized carbons (Fsp3) is 0.462. The number of halogens is 1. The maximum Gasteiger partial charge on any atom is 0.137 e. The summed E-state index contributed by atoms with van der Waals surface area (Å²) >= 11 is 0. The summed E-state index contributed by atoms with van der Waals surface area (Å²) in [6.07, 6.45) is 3.75. The zero-order valence-electron chi connectivity index (χ0n) is 20.2. The van der Waals surface area contributed by atoms with Crippen LogP contribution in [0, 0.1) is 12.7 Å². The van der Waals surface area contributed by atoms with Gasteiger partial charge in [0.1, 0.15) is 11.6 Å². The summed E-state index contributed by atoms with van der Waals surface area (Å²) in [6, 6.07) is 11.1. The van der Waals surface area contributed by atoms with Crippen LogP contribution in [-0.4, -0.2) is 63.3 Å². The molecule has 3 heterocycles. The Labute approximate surface area is 196 Å². The summed E-state index contributed by atoms with van der Waals surface area (Å²) in [5.41, 5.74) is 4.35. The molecule has 6 nitrogen and oxygen atoms in total. The van der Waals surface area contributed by atoms with Crippen LogP contribution in [0.25, 0.3) is 5.69 Å². The van der Waals surface area contributed by atoms with E-state index in [-0.39, 0.29) is 5.82 Å². The van der Waals surface area contributed by atoms with E-state index >= 15 is 0 Å². The van der Waals surface area contributed by atoms with Crippen LogP contribution in [0.4, 0.5) is 10.2 Å². The van der Waals surface area contributed by atoms with Crippen molar-refractivity contribution in [1.29, 1.82) is 0 Å². The first-order chi connectivity index (χ1) is 16.0. The lowest BCUT2D eigenvalue weighted by molar-refractivity contribution is 0.203. The molecule has 176 valence electrons. The number of hydrogen-bond donors (Lipinski definition) is 0. The van der Waals surface area contributed by atoms with E-state index in [1.165, 1.54) is 23.3 Å². The monoisotopic (exact) mass is 450 g/mol. The molecule has 0 N–H and O–H groups in total. The maximum absolute atomic E-state index is 13.6. The van der Waals surface area contributed by atoms with Gasteiger partial charge in [-0.25, -0.2) is 9.07 Å². The van der Waals surface area contributed by atoms with E-state index in [0.29, 0.717) is 6.04 Å². The third-order valence-electron chi connectivity index (χ3n) is 6.55. The fourth-order valence-electron chi connectivity index (χ4n) is 4.45. The molecule has 1 fully saturated rings. The highest BCUT2D eigenvalue weighted by Gasteiger charge is 2.27. The lowest BCUT2D eigenvalue weighted by Gasteiger charge is -2.36. The van der Waals surface area contributed by atoms with Crippen molar-refractivity contribution in [3.8, 4) is 5.69 Å². The van der Waals surface area contributed by atoms with Gasteiger partial charge in [-0.15, -0.1) is 0 Å². The average Bonchev–Trinajstić information content (AvgIpc) is 3.15. The predicted octanol–water partition coefficient (Wildman–Crippen LogP) is 4.27. The molecule has 0 unspecified atom stereocenters. The van der Waals surface area contributed by atoms with Gasteiger partial charge in [-0.2, -0.15) is 5.10 Å². The van der Waals surface area contributed by atoms with Crippen LogP contribution >= 0.6 is 0 Å². The summed E-state index contributed by atoms with van der Waals surface area (Å²) in [5.74, 6) is 0.898. The molecular formula is C26H35FN6. The van der Waals surface area contributed by atoms with Gasteiger partial charge in [0.05, 0.1) is 11.4 Å². The predicted molar refractivity (Wildman–Crippen MR) is 131 cm³/mol. The second kappa shape index (κ2) is 10.4. The fourth-order valence-corrected chi connectivity index (χ4v) is 4.45. The molecule has 0 atom stereocenters. The molecule has 4 rings (SSSR count). The molecule has 0 amide bonds. The smallest absolute Gasteiger partial charge is 0.137 e. The molecular weight excluding hydrogens is 415 g/mol. The summed E-state index contributed by atoms with van der Waals surface area (Å²) in [6.45, 7) is 15.4. The van der Waals surface area contributed by atoms with Gasteiger partial charge in [-0.05, 0) is 63.2 Å². The Kier molecular flexibility index (Phi) is 7.40. The Hall–Kier alpha value is -2.77. The molecule has 1 aromatic carbocycles. The van der Waals surface area contributed by atoms with Crippen molar-refractivity contribution in [3.05, 3.63) is 71.4 Å². The molecule has 2 aromatic heterocycles. The third kappa shape index (κ3) is 5.42. The first-order valence-electron chi connectivity index (χ1n) is 11.9. The SMILES string of the molecule is CCN1CCN(c2c(CN(Cc3cccnc3)C(C)C)c(C)nn2-c2ccc(F)cc2)CC1. The Bertz CT molecular complexity index is 1020. The Balaban J connectivity index is 1.70. The van der Waals surface area contributed by atoms with E-state index in [0.717, 1.165) is 63.0 Å². The normalized spacial score (nSPS) is 15.1. The van der Waals surface area contributed by atoms with E-state index in [9.17, 15) is 4.39 Å². The Morgan fingerprint density at radius 1 is 1.03 bits per heavy atom. The molecule has 0 saturated carbocycles. The second-order valence-electron chi connectivity index (χ2n) is 9.06. The molecule has 7 heteroatoms. The van der Waals surface area contributed by atoms with Crippen molar-refractivity contribution in [2.45, 2.75) is 46.8 Å². The van der Waals surface area contributed by atoms with Crippen LogP contribution in [0.15, 0.2) is 48.8 Å². The van der Waals surface area contributed by atoms with Crippen LogP contribution in [0.1, 0.15) is 37.6 Å². The minimum atomic E-state index is -0.233. The van der Waals surface area contributed by atoms with Crippen molar-refractivity contribution in [3.63, 3.8) is 0 Å². The highest BCUT2D eigenvalue weighted by atomic mass is 19.1. The third-order valence-corrected chi connectivity index (χ3v) is 6.55. The standard InChI is InChI=1S/C26H35FN6/c1-5-30-13-15-31(16-14-30)26-25(19-32(20(2)3)18-22-7-6-12-28-17-22)21(4)29-33(26)24-10-8-23(27)9-11-24/h6-12,17,20H,5,13-16,18-19H2,1-4H3. The second-order valence-corrected chi connectivity index (χ2v) is 9.06. The van der Waals surface area contributed by atoms with Gasteiger partial charge in [0.25, 0.3) is 0 Å². The van der Waals surface area contributed by atoms with Crippen LogP contribution in [0.3, 0.4) is 0 Å². The highest BCUT2D eigenvalue weighted by molar-refractivity contribution is 5.56. The lowest BCUT2D eigenvalue weighted by atomic mass is 10.1. The minimum Gasteiger partial charge on any atom is -0.354 e. The van der Waals surface area contributed by atoms with Gasteiger partial charge in [0.15, 0.2) is 0 Å². The van der Waals surface area contributed by atoms with E-state index in [2.05, 4.69) is 53.4 Å². The average molecular weight is 451 g/mol. The minimum absolute atomic E-state index is 0.233. The Morgan fingerprint density at radius 2 is 1.76 bits per heavy atom. The van der Waals surface area contributed by atoms with Gasteiger partial charge >= 0.3 is 0 Å². The van der Waals surface area contributed by atoms with Crippen molar-refractivity contribution < 1.29 is 4.39 Å². The number of aryl methyl sites for hydroxylation is 1. The van der Waals surface area contributed by atoms with Gasteiger partial charge in [-0.1, -0.05) is 13.0 Å². The van der Waals surface area contributed by atoms with Crippen molar-refractivity contribution in [2.24, 2.45) is 0 Å². The summed E-state index contributed by atoms with van der Waals surface area (Å²) in [4.78, 5) is 11.7. The number of anilines is 1. The van der Waals surface area contributed by atoms with Crippen molar-refractivity contribution in [2.75, 3.05) is 37.6 Å². The number of aromatic nitrogens is 3. The quantitative estimate of drug-likeness (QED) is 0.513. The summed E-state index contributed by atoms with van der Waals surface area (Å²) in [7, 11) is 0. The van der Waals surface area contributed by atoms with Crippen LogP contribution in [0.5, 0.6) is 0 Å².